The van der Waals surface area contributed by atoms with Gasteiger partial charge in [-0.25, -0.2) is 4.79 Å². The van der Waals surface area contributed by atoms with Crippen LogP contribution in [0.5, 0.6) is 0 Å². The van der Waals surface area contributed by atoms with Gasteiger partial charge in [-0.15, -0.1) is 5.10 Å². The summed E-state index contributed by atoms with van der Waals surface area (Å²) in [6.45, 7) is 2.16. The number of carboxylic acids is 1. The molecule has 0 aliphatic heterocycles. The van der Waals surface area contributed by atoms with E-state index in [-0.39, 0.29) is 12.3 Å². The predicted octanol–water partition coefficient (Wildman–Crippen LogP) is -0.567. The Bertz CT molecular complexity index is 389. The lowest BCUT2D eigenvalue weighted by Crippen LogP contribution is -2.32. The van der Waals surface area contributed by atoms with Crippen LogP contribution in [0.3, 0.4) is 0 Å². The molecule has 7 heteroatoms. The van der Waals surface area contributed by atoms with E-state index >= 15 is 0 Å². The zero-order chi connectivity index (χ0) is 12.3. The first-order chi connectivity index (χ1) is 8.20. The van der Waals surface area contributed by atoms with Crippen LogP contribution in [0.1, 0.15) is 23.3 Å². The van der Waals surface area contributed by atoms with Crippen LogP contribution in [-0.4, -0.2) is 61.8 Å². The monoisotopic (exact) mass is 240 g/mol. The Labute approximate surface area is 98.7 Å². The lowest BCUT2D eigenvalue weighted by atomic mass is 10.4. The van der Waals surface area contributed by atoms with Crippen molar-refractivity contribution >= 4 is 5.97 Å². The van der Waals surface area contributed by atoms with Gasteiger partial charge >= 0.3 is 5.97 Å². The van der Waals surface area contributed by atoms with E-state index in [0.29, 0.717) is 19.1 Å². The lowest BCUT2D eigenvalue weighted by molar-refractivity contribution is 0.0690. The van der Waals surface area contributed by atoms with E-state index in [4.69, 9.17) is 10.2 Å². The zero-order valence-corrected chi connectivity index (χ0v) is 9.49. The molecule has 0 bridgehead atoms. The highest BCUT2D eigenvalue weighted by Crippen LogP contribution is 2.26. The summed E-state index contributed by atoms with van der Waals surface area (Å²) in [4.78, 5) is 12.8. The number of nitrogens with zero attached hydrogens (tertiary/aromatic N) is 4. The Morgan fingerprint density at radius 3 is 2.82 bits per heavy atom. The van der Waals surface area contributed by atoms with Crippen LogP contribution in [0.15, 0.2) is 6.20 Å². The number of aromatic nitrogens is 3. The molecule has 94 valence electrons. The molecule has 0 atom stereocenters. The molecule has 1 saturated carbocycles. The molecule has 1 aromatic heterocycles. The molecule has 0 spiro atoms. The van der Waals surface area contributed by atoms with Crippen LogP contribution in [-0.2, 0) is 6.54 Å². The average Bonchev–Trinajstić information content (AvgIpc) is 3.02. The molecule has 7 nitrogen and oxygen atoms in total. The van der Waals surface area contributed by atoms with Crippen molar-refractivity contribution in [1.82, 2.24) is 19.9 Å². The van der Waals surface area contributed by atoms with Crippen LogP contribution in [0.2, 0.25) is 0 Å². The fraction of sp³-hybridized carbons (Fsp3) is 0.700. The number of carboxylic acid groups (broad SMARTS) is 1. The van der Waals surface area contributed by atoms with Gasteiger partial charge in [0, 0.05) is 19.1 Å². The van der Waals surface area contributed by atoms with Crippen LogP contribution in [0.4, 0.5) is 0 Å². The van der Waals surface area contributed by atoms with Crippen molar-refractivity contribution in [2.75, 3.05) is 19.7 Å². The molecule has 0 aromatic carbocycles. The van der Waals surface area contributed by atoms with Gasteiger partial charge < -0.3 is 10.2 Å². The number of hydrogen-bond donors (Lipinski definition) is 2. The van der Waals surface area contributed by atoms with Gasteiger partial charge in [0.25, 0.3) is 0 Å². The zero-order valence-electron chi connectivity index (χ0n) is 9.49. The van der Waals surface area contributed by atoms with E-state index < -0.39 is 5.97 Å². The van der Waals surface area contributed by atoms with E-state index in [1.54, 1.807) is 0 Å². The lowest BCUT2D eigenvalue weighted by Gasteiger charge is -2.20. The molecule has 2 rings (SSSR count). The molecular weight excluding hydrogens is 224 g/mol. The van der Waals surface area contributed by atoms with Crippen molar-refractivity contribution < 1.29 is 15.0 Å². The maximum Gasteiger partial charge on any atom is 0.358 e. The van der Waals surface area contributed by atoms with Crippen LogP contribution < -0.4 is 0 Å². The summed E-state index contributed by atoms with van der Waals surface area (Å²) in [6, 6.07) is 0.574. The molecule has 2 N–H and O–H groups in total. The second-order valence-corrected chi connectivity index (χ2v) is 4.16. The summed E-state index contributed by atoms with van der Waals surface area (Å²) in [7, 11) is 0. The second-order valence-electron chi connectivity index (χ2n) is 4.16. The summed E-state index contributed by atoms with van der Waals surface area (Å²) in [5, 5.41) is 24.9. The number of aliphatic hydroxyl groups is 1. The molecule has 1 aliphatic carbocycles. The first-order valence-corrected chi connectivity index (χ1v) is 5.69. The Hall–Kier alpha value is -1.47. The number of aliphatic hydroxyl groups excluding tert-OH is 1. The molecule has 0 amide bonds. The first-order valence-electron chi connectivity index (χ1n) is 5.69. The fourth-order valence-corrected chi connectivity index (χ4v) is 1.78. The smallest absolute Gasteiger partial charge is 0.358 e. The topological polar surface area (TPSA) is 91.5 Å². The summed E-state index contributed by atoms with van der Waals surface area (Å²) in [5.41, 5.74) is -0.0369. The summed E-state index contributed by atoms with van der Waals surface area (Å²) >= 11 is 0. The van der Waals surface area contributed by atoms with Crippen molar-refractivity contribution in [1.29, 1.82) is 0 Å². The highest BCUT2D eigenvalue weighted by atomic mass is 16.4. The summed E-state index contributed by atoms with van der Waals surface area (Å²) < 4.78 is 1.52. The molecule has 1 aliphatic rings. The Morgan fingerprint density at radius 2 is 2.29 bits per heavy atom. The van der Waals surface area contributed by atoms with Gasteiger partial charge in [-0.3, -0.25) is 9.58 Å². The molecule has 0 unspecified atom stereocenters. The number of carbonyl (C=O) groups is 1. The minimum absolute atomic E-state index is 0.0369. The number of aromatic carboxylic acids is 1. The molecule has 0 radical (unpaired) electrons. The van der Waals surface area contributed by atoms with Gasteiger partial charge in [-0.05, 0) is 12.8 Å². The highest BCUT2D eigenvalue weighted by molar-refractivity contribution is 5.84. The van der Waals surface area contributed by atoms with E-state index in [1.807, 2.05) is 0 Å². The van der Waals surface area contributed by atoms with Gasteiger partial charge in [0.15, 0.2) is 5.69 Å². The third-order valence-electron chi connectivity index (χ3n) is 2.82. The minimum atomic E-state index is -1.06. The molecule has 1 heterocycles. The van der Waals surface area contributed by atoms with Gasteiger partial charge in [-0.1, -0.05) is 5.21 Å². The summed E-state index contributed by atoms with van der Waals surface area (Å²) in [6.07, 6.45) is 3.78. The third kappa shape index (κ3) is 3.24. The van der Waals surface area contributed by atoms with E-state index in [0.717, 1.165) is 6.54 Å². The number of hydrogen-bond acceptors (Lipinski definition) is 5. The van der Waals surface area contributed by atoms with Gasteiger partial charge in [-0.2, -0.15) is 0 Å². The maximum absolute atomic E-state index is 10.6. The molecule has 1 fully saturated rings. The van der Waals surface area contributed by atoms with E-state index in [2.05, 4.69) is 15.2 Å². The van der Waals surface area contributed by atoms with Crippen LogP contribution in [0, 0.1) is 0 Å². The van der Waals surface area contributed by atoms with E-state index in [1.165, 1.54) is 23.7 Å². The molecular formula is C10H16N4O3. The molecule has 1 aromatic rings. The average molecular weight is 240 g/mol. The van der Waals surface area contributed by atoms with Crippen LogP contribution >= 0.6 is 0 Å². The minimum Gasteiger partial charge on any atom is -0.476 e. The van der Waals surface area contributed by atoms with Crippen molar-refractivity contribution in [3.05, 3.63) is 11.9 Å². The first kappa shape index (κ1) is 12.0. The Kier molecular flexibility index (Phi) is 3.70. The van der Waals surface area contributed by atoms with Crippen molar-refractivity contribution in [2.45, 2.75) is 25.4 Å². The molecule has 0 saturated heterocycles. The third-order valence-corrected chi connectivity index (χ3v) is 2.82. The van der Waals surface area contributed by atoms with Gasteiger partial charge in [0.05, 0.1) is 19.3 Å². The van der Waals surface area contributed by atoms with E-state index in [9.17, 15) is 4.79 Å². The second kappa shape index (κ2) is 5.24. The standard InChI is InChI=1S/C10H16N4O3/c15-6-5-13(8-1-2-8)3-4-14-7-9(10(16)17)11-12-14/h7-8,15H,1-6H2,(H,16,17). The van der Waals surface area contributed by atoms with Crippen molar-refractivity contribution in [3.63, 3.8) is 0 Å². The highest BCUT2D eigenvalue weighted by Gasteiger charge is 2.28. The molecule has 17 heavy (non-hydrogen) atoms. The quantitative estimate of drug-likeness (QED) is 0.663. The Balaban J connectivity index is 1.84. The fourth-order valence-electron chi connectivity index (χ4n) is 1.78. The maximum atomic E-state index is 10.6. The Morgan fingerprint density at radius 1 is 1.53 bits per heavy atom. The van der Waals surface area contributed by atoms with Crippen molar-refractivity contribution in [2.24, 2.45) is 0 Å². The van der Waals surface area contributed by atoms with Gasteiger partial charge in [0.1, 0.15) is 0 Å². The largest absolute Gasteiger partial charge is 0.476 e. The normalized spacial score (nSPS) is 15.4. The summed E-state index contributed by atoms with van der Waals surface area (Å²) in [5.74, 6) is -1.06. The van der Waals surface area contributed by atoms with Crippen molar-refractivity contribution in [3.8, 4) is 0 Å². The number of rotatable bonds is 7. The van der Waals surface area contributed by atoms with Crippen LogP contribution in [0.25, 0.3) is 0 Å². The SMILES string of the molecule is O=C(O)c1cn(CCN(CCO)C2CC2)nn1. The predicted molar refractivity (Wildman–Crippen MR) is 58.7 cm³/mol. The van der Waals surface area contributed by atoms with Gasteiger partial charge in [0.2, 0.25) is 0 Å².